The summed E-state index contributed by atoms with van der Waals surface area (Å²) in [6, 6.07) is 13.4. The Labute approximate surface area is 385 Å². The molecule has 5 fully saturated rings. The van der Waals surface area contributed by atoms with Gasteiger partial charge in [0.25, 0.3) is 23.6 Å². The number of carbonyl (C=O) groups is 5. The molecule has 3 atom stereocenters. The first-order valence-electron chi connectivity index (χ1n) is 23.8. The molecule has 1 aliphatic carbocycles. The van der Waals surface area contributed by atoms with Gasteiger partial charge in [-0.05, 0) is 162 Å². The number of aliphatic carboxylic acids is 1. The van der Waals surface area contributed by atoms with Gasteiger partial charge >= 0.3 is 5.97 Å². The SMILES string of the molecule is O=C(NCCCc1ccc(Br)cc1)c1cc(-c2cc(C(=O)NC(C(=O)O)C3CCCCC3)nc(C(=O)N3CCCC3CN3CCCC3)c2)cc(C(=O)N2CCCC2CN2CCCC2)n1. The number of pyridine rings is 2. The molecule has 342 valence electrons. The standard InChI is InChI=1S/C49H63BrN8O6/c50-37-18-16-33(17-19-37)11-8-20-51-45(59)40-27-35(29-42(52-40)47(61)57-25-9-14-38(57)31-55-21-4-5-22-55)36-28-41(46(60)54-44(49(63)64)34-12-2-1-3-13-34)53-43(30-36)48(62)58-26-10-15-39(58)32-56-23-6-7-24-56/h16-19,27-30,34,38-39,44H,1-15,20-26,31-32H2,(H,51,59)(H,54,60)(H,63,64). The summed E-state index contributed by atoms with van der Waals surface area (Å²) in [4.78, 5) is 87.9. The first kappa shape index (κ1) is 45.8. The van der Waals surface area contributed by atoms with E-state index in [-0.39, 0.29) is 52.6 Å². The predicted molar refractivity (Wildman–Crippen MR) is 247 cm³/mol. The molecular weight excluding hydrogens is 876 g/mol. The van der Waals surface area contributed by atoms with E-state index >= 15 is 0 Å². The molecule has 6 heterocycles. The fourth-order valence-corrected chi connectivity index (χ4v) is 10.8. The second-order valence-corrected chi connectivity index (χ2v) is 19.4. The second kappa shape index (κ2) is 21.5. The van der Waals surface area contributed by atoms with Crippen molar-refractivity contribution in [3.8, 4) is 11.1 Å². The molecule has 1 saturated carbocycles. The van der Waals surface area contributed by atoms with Crippen LogP contribution >= 0.6 is 15.9 Å². The van der Waals surface area contributed by atoms with Crippen LogP contribution in [0.5, 0.6) is 0 Å². The summed E-state index contributed by atoms with van der Waals surface area (Å²) < 4.78 is 0.997. The molecule has 0 spiro atoms. The zero-order valence-corrected chi connectivity index (χ0v) is 38.5. The highest BCUT2D eigenvalue weighted by Gasteiger charge is 2.36. The third-order valence-corrected chi connectivity index (χ3v) is 14.5. The second-order valence-electron chi connectivity index (χ2n) is 18.5. The minimum Gasteiger partial charge on any atom is -0.480 e. The Hall–Kier alpha value is -4.73. The number of hydrogen-bond donors (Lipinski definition) is 3. The lowest BCUT2D eigenvalue weighted by Crippen LogP contribution is -2.47. The van der Waals surface area contributed by atoms with Gasteiger partial charge < -0.3 is 35.3 Å². The molecule has 8 rings (SSSR count). The maximum absolute atomic E-state index is 14.6. The van der Waals surface area contributed by atoms with E-state index in [4.69, 9.17) is 4.98 Å². The summed E-state index contributed by atoms with van der Waals surface area (Å²) in [5.74, 6) is -3.04. The van der Waals surface area contributed by atoms with Crippen molar-refractivity contribution in [2.45, 2.75) is 114 Å². The zero-order valence-electron chi connectivity index (χ0n) is 36.9. The number of nitrogens with one attached hydrogen (secondary N) is 2. The molecule has 3 aromatic rings. The van der Waals surface area contributed by atoms with Crippen LogP contribution in [0.1, 0.15) is 137 Å². The van der Waals surface area contributed by atoms with E-state index in [0.29, 0.717) is 50.0 Å². The molecule has 4 saturated heterocycles. The van der Waals surface area contributed by atoms with Crippen molar-refractivity contribution in [3.63, 3.8) is 0 Å². The Kier molecular flexibility index (Phi) is 15.4. The fraction of sp³-hybridized carbons (Fsp3) is 0.571. The average molecular weight is 940 g/mol. The number of nitrogens with zero attached hydrogens (tertiary/aromatic N) is 6. The average Bonchev–Trinajstić information content (AvgIpc) is 4.18. The van der Waals surface area contributed by atoms with Gasteiger partial charge in [-0.2, -0.15) is 0 Å². The molecule has 0 bridgehead atoms. The highest BCUT2D eigenvalue weighted by Crippen LogP contribution is 2.30. The van der Waals surface area contributed by atoms with Crippen molar-refractivity contribution in [1.82, 2.24) is 40.2 Å². The molecule has 4 amide bonds. The number of aryl methyl sites for hydroxylation is 1. The van der Waals surface area contributed by atoms with Gasteiger partial charge in [0.15, 0.2) is 0 Å². The number of benzene rings is 1. The van der Waals surface area contributed by atoms with Crippen LogP contribution < -0.4 is 10.6 Å². The molecule has 4 aliphatic heterocycles. The van der Waals surface area contributed by atoms with Crippen molar-refractivity contribution >= 4 is 45.5 Å². The summed E-state index contributed by atoms with van der Waals surface area (Å²) in [5.41, 5.74) is 2.07. The highest BCUT2D eigenvalue weighted by molar-refractivity contribution is 9.10. The maximum Gasteiger partial charge on any atom is 0.326 e. The Balaban J connectivity index is 1.13. The lowest BCUT2D eigenvalue weighted by Gasteiger charge is -2.29. The van der Waals surface area contributed by atoms with E-state index in [1.165, 1.54) is 6.07 Å². The van der Waals surface area contributed by atoms with Crippen LogP contribution in [-0.4, -0.2) is 141 Å². The van der Waals surface area contributed by atoms with Gasteiger partial charge in [0.1, 0.15) is 28.8 Å². The molecule has 1 aromatic carbocycles. The third kappa shape index (κ3) is 11.4. The smallest absolute Gasteiger partial charge is 0.326 e. The molecule has 3 N–H and O–H groups in total. The van der Waals surface area contributed by atoms with Crippen LogP contribution in [-0.2, 0) is 11.2 Å². The van der Waals surface area contributed by atoms with Gasteiger partial charge in [0.05, 0.1) is 0 Å². The summed E-state index contributed by atoms with van der Waals surface area (Å²) >= 11 is 3.48. The van der Waals surface area contributed by atoms with Crippen molar-refractivity contribution in [2.24, 2.45) is 5.92 Å². The first-order valence-corrected chi connectivity index (χ1v) is 24.6. The molecule has 15 heteroatoms. The van der Waals surface area contributed by atoms with Crippen LogP contribution in [0.3, 0.4) is 0 Å². The predicted octanol–water partition coefficient (Wildman–Crippen LogP) is 6.43. The zero-order chi connectivity index (χ0) is 44.6. The largest absolute Gasteiger partial charge is 0.480 e. The van der Waals surface area contributed by atoms with Crippen LogP contribution in [0.25, 0.3) is 11.1 Å². The Morgan fingerprint density at radius 3 is 1.64 bits per heavy atom. The van der Waals surface area contributed by atoms with Gasteiger partial charge in [0.2, 0.25) is 0 Å². The minimum atomic E-state index is -1.11. The number of aromatic nitrogens is 2. The van der Waals surface area contributed by atoms with Crippen molar-refractivity contribution in [2.75, 3.05) is 58.9 Å². The van der Waals surface area contributed by atoms with Crippen LogP contribution in [0, 0.1) is 5.92 Å². The van der Waals surface area contributed by atoms with Crippen molar-refractivity contribution in [3.05, 3.63) is 81.3 Å². The Morgan fingerprint density at radius 2 is 1.12 bits per heavy atom. The van der Waals surface area contributed by atoms with Gasteiger partial charge in [-0.3, -0.25) is 19.2 Å². The molecule has 3 unspecified atom stereocenters. The topological polar surface area (TPSA) is 168 Å². The number of likely N-dealkylation sites (tertiary alicyclic amines) is 4. The van der Waals surface area contributed by atoms with E-state index in [0.717, 1.165) is 126 Å². The van der Waals surface area contributed by atoms with E-state index in [1.54, 1.807) is 18.2 Å². The highest BCUT2D eigenvalue weighted by atomic mass is 79.9. The van der Waals surface area contributed by atoms with E-state index in [9.17, 15) is 29.1 Å². The summed E-state index contributed by atoms with van der Waals surface area (Å²) in [6.07, 6.45) is 13.7. The fourth-order valence-electron chi connectivity index (χ4n) is 10.6. The van der Waals surface area contributed by atoms with Crippen LogP contribution in [0.2, 0.25) is 0 Å². The quantitative estimate of drug-likeness (QED) is 0.136. The number of halogens is 1. The van der Waals surface area contributed by atoms with Gasteiger partial charge in [-0.1, -0.05) is 47.3 Å². The van der Waals surface area contributed by atoms with E-state index in [1.807, 2.05) is 34.1 Å². The molecule has 64 heavy (non-hydrogen) atoms. The van der Waals surface area contributed by atoms with Crippen molar-refractivity contribution < 1.29 is 29.1 Å². The van der Waals surface area contributed by atoms with Gasteiger partial charge in [-0.15, -0.1) is 0 Å². The number of hydrogen-bond acceptors (Lipinski definition) is 9. The summed E-state index contributed by atoms with van der Waals surface area (Å²) in [5, 5.41) is 16.1. The van der Waals surface area contributed by atoms with Crippen LogP contribution in [0.15, 0.2) is 53.0 Å². The van der Waals surface area contributed by atoms with E-state index in [2.05, 4.69) is 41.3 Å². The maximum atomic E-state index is 14.6. The third-order valence-electron chi connectivity index (χ3n) is 14.0. The lowest BCUT2D eigenvalue weighted by atomic mass is 9.84. The number of carbonyl (C=O) groups excluding carboxylic acids is 4. The monoisotopic (exact) mass is 938 g/mol. The Morgan fingerprint density at radius 1 is 0.625 bits per heavy atom. The number of carboxylic acid groups (broad SMARTS) is 1. The van der Waals surface area contributed by atoms with Crippen LogP contribution in [0.4, 0.5) is 0 Å². The number of carboxylic acids is 1. The summed E-state index contributed by atoms with van der Waals surface area (Å²) in [6.45, 7) is 7.12. The molecular formula is C49H63BrN8O6. The van der Waals surface area contributed by atoms with Gasteiger partial charge in [0, 0.05) is 49.3 Å². The lowest BCUT2D eigenvalue weighted by molar-refractivity contribution is -0.141. The Bertz CT molecular complexity index is 2150. The molecule has 2 aromatic heterocycles. The molecule has 0 radical (unpaired) electrons. The minimum absolute atomic E-state index is 0.00537. The first-order chi connectivity index (χ1) is 31.1. The number of rotatable bonds is 16. The van der Waals surface area contributed by atoms with Crippen molar-refractivity contribution in [1.29, 1.82) is 0 Å². The molecule has 14 nitrogen and oxygen atoms in total. The summed E-state index contributed by atoms with van der Waals surface area (Å²) in [7, 11) is 0. The molecule has 5 aliphatic rings. The normalized spacial score (nSPS) is 21.3. The van der Waals surface area contributed by atoms with Gasteiger partial charge in [-0.25, -0.2) is 14.8 Å². The number of amides is 4. The van der Waals surface area contributed by atoms with E-state index < -0.39 is 23.8 Å².